The highest BCUT2D eigenvalue weighted by Gasteiger charge is 2.00. The van der Waals surface area contributed by atoms with Gasteiger partial charge in [0.25, 0.3) is 0 Å². The molecule has 0 bridgehead atoms. The zero-order valence-electron chi connectivity index (χ0n) is 10.1. The van der Waals surface area contributed by atoms with E-state index in [1.54, 1.807) is 18.2 Å². The van der Waals surface area contributed by atoms with Gasteiger partial charge in [0.15, 0.2) is 11.6 Å². The van der Waals surface area contributed by atoms with Gasteiger partial charge in [0.1, 0.15) is 0 Å². The zero-order valence-corrected chi connectivity index (χ0v) is 10.1. The summed E-state index contributed by atoms with van der Waals surface area (Å²) in [6, 6.07) is 6.46. The number of unbranched alkanes of at least 4 members (excludes halogenated alkanes) is 2. The first-order valence-corrected chi connectivity index (χ1v) is 6.14. The third-order valence-electron chi connectivity index (χ3n) is 2.48. The molecule has 4 heteroatoms. The average Bonchev–Trinajstić information content (AvgIpc) is 2.35. The molecular formula is C13H21FNO2+. The van der Waals surface area contributed by atoms with Gasteiger partial charge in [-0.2, -0.15) is 0 Å². The Bertz CT molecular complexity index is 307. The summed E-state index contributed by atoms with van der Waals surface area (Å²) in [5, 5.41) is 10.7. The highest BCUT2D eigenvalue weighted by atomic mass is 19.1. The largest absolute Gasteiger partial charge is 0.491 e. The molecule has 1 rings (SSSR count). The molecule has 0 aliphatic carbocycles. The minimum Gasteiger partial charge on any atom is -0.491 e. The number of hydrogen-bond donors (Lipinski definition) is 2. The predicted octanol–water partition coefficient (Wildman–Crippen LogP) is 0.930. The molecule has 17 heavy (non-hydrogen) atoms. The van der Waals surface area contributed by atoms with E-state index >= 15 is 0 Å². The van der Waals surface area contributed by atoms with Gasteiger partial charge in [0.2, 0.25) is 0 Å². The second kappa shape index (κ2) is 8.96. The van der Waals surface area contributed by atoms with E-state index in [1.807, 2.05) is 0 Å². The van der Waals surface area contributed by atoms with Crippen LogP contribution in [0, 0.1) is 5.82 Å². The second-order valence-corrected chi connectivity index (χ2v) is 3.93. The fourth-order valence-electron chi connectivity index (χ4n) is 1.55. The first-order valence-electron chi connectivity index (χ1n) is 6.14. The van der Waals surface area contributed by atoms with Crippen molar-refractivity contribution in [2.75, 3.05) is 26.3 Å². The standard InChI is InChI=1S/C13H20FNO2/c14-12-6-2-3-7-13(12)17-11-5-1-4-8-15-9-10-16/h2-3,6-7,15-16H,1,4-5,8-11H2/p+1. The van der Waals surface area contributed by atoms with Crippen LogP contribution in [0.2, 0.25) is 0 Å². The topological polar surface area (TPSA) is 46.1 Å². The van der Waals surface area contributed by atoms with Gasteiger partial charge >= 0.3 is 0 Å². The summed E-state index contributed by atoms with van der Waals surface area (Å²) in [6.07, 6.45) is 3.10. The van der Waals surface area contributed by atoms with Crippen LogP contribution < -0.4 is 10.1 Å². The van der Waals surface area contributed by atoms with Gasteiger partial charge in [-0.15, -0.1) is 0 Å². The first kappa shape index (κ1) is 13.9. The molecule has 0 radical (unpaired) electrons. The van der Waals surface area contributed by atoms with Crippen LogP contribution in [-0.2, 0) is 0 Å². The van der Waals surface area contributed by atoms with E-state index in [1.165, 1.54) is 6.07 Å². The minimum absolute atomic E-state index is 0.233. The number of halogens is 1. The van der Waals surface area contributed by atoms with Gasteiger partial charge in [-0.05, 0) is 31.4 Å². The van der Waals surface area contributed by atoms with E-state index in [0.717, 1.165) is 32.4 Å². The number of nitrogens with two attached hydrogens (primary N) is 1. The Labute approximate surface area is 102 Å². The Morgan fingerprint density at radius 2 is 1.94 bits per heavy atom. The third-order valence-corrected chi connectivity index (χ3v) is 2.48. The van der Waals surface area contributed by atoms with Crippen molar-refractivity contribution in [3.8, 4) is 5.75 Å². The molecule has 0 saturated carbocycles. The van der Waals surface area contributed by atoms with Crippen molar-refractivity contribution in [3.63, 3.8) is 0 Å². The molecule has 0 fully saturated rings. The van der Waals surface area contributed by atoms with E-state index in [0.29, 0.717) is 12.4 Å². The highest BCUT2D eigenvalue weighted by molar-refractivity contribution is 5.23. The number of para-hydroxylation sites is 1. The monoisotopic (exact) mass is 242 g/mol. The van der Waals surface area contributed by atoms with Crippen LogP contribution in [0.3, 0.4) is 0 Å². The highest BCUT2D eigenvalue weighted by Crippen LogP contribution is 2.15. The van der Waals surface area contributed by atoms with Crippen LogP contribution in [0.25, 0.3) is 0 Å². The minimum atomic E-state index is -0.302. The summed E-state index contributed by atoms with van der Waals surface area (Å²) in [5.41, 5.74) is 0. The molecule has 3 N–H and O–H groups in total. The summed E-state index contributed by atoms with van der Waals surface area (Å²) < 4.78 is 18.5. The predicted molar refractivity (Wildman–Crippen MR) is 64.5 cm³/mol. The SMILES string of the molecule is OCC[NH2+]CCCCCOc1ccccc1F. The summed E-state index contributed by atoms with van der Waals surface area (Å²) in [6.45, 7) is 2.59. The Morgan fingerprint density at radius 1 is 1.12 bits per heavy atom. The van der Waals surface area contributed by atoms with Crippen molar-refractivity contribution in [1.82, 2.24) is 0 Å². The Hall–Kier alpha value is -1.13. The second-order valence-electron chi connectivity index (χ2n) is 3.93. The Balaban J connectivity index is 1.99. The molecule has 0 spiro atoms. The maximum absolute atomic E-state index is 13.2. The molecule has 96 valence electrons. The zero-order chi connectivity index (χ0) is 12.3. The van der Waals surface area contributed by atoms with Crippen molar-refractivity contribution in [3.05, 3.63) is 30.1 Å². The van der Waals surface area contributed by atoms with Gasteiger partial charge in [0.05, 0.1) is 26.3 Å². The first-order chi connectivity index (χ1) is 8.34. The smallest absolute Gasteiger partial charge is 0.165 e. The number of ether oxygens (including phenoxy) is 1. The van der Waals surface area contributed by atoms with Crippen LogP contribution >= 0.6 is 0 Å². The van der Waals surface area contributed by atoms with Crippen LogP contribution in [0.15, 0.2) is 24.3 Å². The summed E-state index contributed by atoms with van der Waals surface area (Å²) in [4.78, 5) is 0. The molecule has 0 amide bonds. The van der Waals surface area contributed by atoms with Crippen LogP contribution in [0.4, 0.5) is 4.39 Å². The van der Waals surface area contributed by atoms with Crippen molar-refractivity contribution in [2.24, 2.45) is 0 Å². The van der Waals surface area contributed by atoms with Gasteiger partial charge in [-0.25, -0.2) is 4.39 Å². The van der Waals surface area contributed by atoms with Crippen molar-refractivity contribution in [2.45, 2.75) is 19.3 Å². The average molecular weight is 242 g/mol. The molecule has 3 nitrogen and oxygen atoms in total. The number of aliphatic hydroxyl groups is 1. The van der Waals surface area contributed by atoms with Gasteiger partial charge in [-0.3, -0.25) is 0 Å². The Kier molecular flexibility index (Phi) is 7.34. The molecule has 0 aromatic heterocycles. The van der Waals surface area contributed by atoms with E-state index < -0.39 is 0 Å². The van der Waals surface area contributed by atoms with E-state index in [4.69, 9.17) is 9.84 Å². The summed E-state index contributed by atoms with van der Waals surface area (Å²) >= 11 is 0. The molecule has 0 aliphatic heterocycles. The number of rotatable bonds is 9. The van der Waals surface area contributed by atoms with Crippen LogP contribution in [-0.4, -0.2) is 31.4 Å². The van der Waals surface area contributed by atoms with E-state index in [9.17, 15) is 4.39 Å². The number of aliphatic hydroxyl groups excluding tert-OH is 1. The molecule has 1 aromatic carbocycles. The summed E-state index contributed by atoms with van der Waals surface area (Å²) in [5.74, 6) is 0.0307. The van der Waals surface area contributed by atoms with Crippen molar-refractivity contribution >= 4 is 0 Å². The van der Waals surface area contributed by atoms with Crippen LogP contribution in [0.1, 0.15) is 19.3 Å². The lowest BCUT2D eigenvalue weighted by molar-refractivity contribution is -0.656. The number of benzene rings is 1. The van der Waals surface area contributed by atoms with Gasteiger partial charge in [0, 0.05) is 0 Å². The lowest BCUT2D eigenvalue weighted by Crippen LogP contribution is -2.85. The quantitative estimate of drug-likeness (QED) is 0.633. The maximum Gasteiger partial charge on any atom is 0.165 e. The normalized spacial score (nSPS) is 10.5. The lowest BCUT2D eigenvalue weighted by atomic mass is 10.2. The molecule has 0 saturated heterocycles. The molecule has 0 atom stereocenters. The lowest BCUT2D eigenvalue weighted by Gasteiger charge is -2.06. The Morgan fingerprint density at radius 3 is 2.71 bits per heavy atom. The maximum atomic E-state index is 13.2. The third kappa shape index (κ3) is 6.24. The van der Waals surface area contributed by atoms with Gasteiger partial charge < -0.3 is 15.2 Å². The molecule has 0 aliphatic rings. The van der Waals surface area contributed by atoms with Crippen molar-refractivity contribution in [1.29, 1.82) is 0 Å². The fourth-order valence-corrected chi connectivity index (χ4v) is 1.55. The molecule has 1 aromatic rings. The van der Waals surface area contributed by atoms with Crippen molar-refractivity contribution < 1.29 is 19.6 Å². The van der Waals surface area contributed by atoms with E-state index in [2.05, 4.69) is 5.32 Å². The van der Waals surface area contributed by atoms with Crippen LogP contribution in [0.5, 0.6) is 5.75 Å². The number of hydrogen-bond acceptors (Lipinski definition) is 2. The van der Waals surface area contributed by atoms with Gasteiger partial charge in [-0.1, -0.05) is 12.1 Å². The summed E-state index contributed by atoms with van der Waals surface area (Å²) in [7, 11) is 0. The fraction of sp³-hybridized carbons (Fsp3) is 0.538. The van der Waals surface area contributed by atoms with E-state index in [-0.39, 0.29) is 12.4 Å². The molecular weight excluding hydrogens is 221 g/mol. The number of quaternary nitrogens is 1. The molecule has 0 unspecified atom stereocenters. The molecule has 0 heterocycles.